The van der Waals surface area contributed by atoms with Gasteiger partial charge in [0.05, 0.1) is 31.5 Å². The summed E-state index contributed by atoms with van der Waals surface area (Å²) in [4.78, 5) is 16.4. The highest BCUT2D eigenvalue weighted by atomic mass is 32.1. The standard InChI is InChI=1S/C17H22N2O3S/c1-4-17-19-13(11-23-17)10-18-16(20)8-5-12-9-14(21-2)6-7-15(12)22-3/h6-7,9,11H,4-5,8,10H2,1-3H3,(H,18,20). The van der Waals surface area contributed by atoms with Gasteiger partial charge in [-0.25, -0.2) is 4.98 Å². The van der Waals surface area contributed by atoms with Gasteiger partial charge in [0.1, 0.15) is 11.5 Å². The Kier molecular flexibility index (Phi) is 6.40. The molecule has 6 heteroatoms. The van der Waals surface area contributed by atoms with Crippen LogP contribution in [0.1, 0.15) is 29.6 Å². The summed E-state index contributed by atoms with van der Waals surface area (Å²) >= 11 is 1.63. The Morgan fingerprint density at radius 1 is 1.30 bits per heavy atom. The molecule has 0 atom stereocenters. The molecule has 1 amide bonds. The number of carbonyl (C=O) groups is 1. The van der Waals surface area contributed by atoms with E-state index >= 15 is 0 Å². The van der Waals surface area contributed by atoms with Crippen molar-refractivity contribution in [2.45, 2.75) is 32.7 Å². The van der Waals surface area contributed by atoms with E-state index in [-0.39, 0.29) is 5.91 Å². The SMILES string of the molecule is CCc1nc(CNC(=O)CCc2cc(OC)ccc2OC)cs1. The van der Waals surface area contributed by atoms with E-state index in [1.807, 2.05) is 23.6 Å². The van der Waals surface area contributed by atoms with Crippen LogP contribution in [0.5, 0.6) is 11.5 Å². The van der Waals surface area contributed by atoms with Gasteiger partial charge in [-0.3, -0.25) is 4.79 Å². The summed E-state index contributed by atoms with van der Waals surface area (Å²) < 4.78 is 10.5. The van der Waals surface area contributed by atoms with E-state index in [2.05, 4.69) is 17.2 Å². The Labute approximate surface area is 140 Å². The van der Waals surface area contributed by atoms with E-state index in [9.17, 15) is 4.79 Å². The van der Waals surface area contributed by atoms with Crippen molar-refractivity contribution in [1.29, 1.82) is 0 Å². The maximum Gasteiger partial charge on any atom is 0.220 e. The lowest BCUT2D eigenvalue weighted by Crippen LogP contribution is -2.23. The predicted octanol–water partition coefficient (Wildman–Crippen LogP) is 2.97. The molecule has 0 spiro atoms. The highest BCUT2D eigenvalue weighted by Gasteiger charge is 2.09. The second kappa shape index (κ2) is 8.53. The van der Waals surface area contributed by atoms with E-state index in [1.54, 1.807) is 25.6 Å². The van der Waals surface area contributed by atoms with Gasteiger partial charge in [0, 0.05) is 11.8 Å². The molecule has 1 N–H and O–H groups in total. The zero-order valence-corrected chi connectivity index (χ0v) is 14.5. The lowest BCUT2D eigenvalue weighted by Gasteiger charge is -2.10. The fourth-order valence-electron chi connectivity index (χ4n) is 2.20. The van der Waals surface area contributed by atoms with Gasteiger partial charge in [-0.2, -0.15) is 0 Å². The van der Waals surface area contributed by atoms with E-state index in [4.69, 9.17) is 9.47 Å². The average molecular weight is 334 g/mol. The van der Waals surface area contributed by atoms with Crippen LogP contribution < -0.4 is 14.8 Å². The van der Waals surface area contributed by atoms with Crippen molar-refractivity contribution < 1.29 is 14.3 Å². The molecule has 0 aliphatic carbocycles. The van der Waals surface area contributed by atoms with Crippen LogP contribution in [0.2, 0.25) is 0 Å². The zero-order chi connectivity index (χ0) is 16.7. The molecule has 124 valence electrons. The molecular formula is C17H22N2O3S. The first-order chi connectivity index (χ1) is 11.2. The van der Waals surface area contributed by atoms with Crippen LogP contribution in [0.15, 0.2) is 23.6 Å². The third-order valence-electron chi connectivity index (χ3n) is 3.48. The molecule has 0 radical (unpaired) electrons. The van der Waals surface area contributed by atoms with Gasteiger partial charge in [0.25, 0.3) is 0 Å². The van der Waals surface area contributed by atoms with Crippen molar-refractivity contribution in [2.75, 3.05) is 14.2 Å². The largest absolute Gasteiger partial charge is 0.497 e. The Morgan fingerprint density at radius 2 is 2.13 bits per heavy atom. The van der Waals surface area contributed by atoms with Gasteiger partial charge in [-0.15, -0.1) is 11.3 Å². The van der Waals surface area contributed by atoms with E-state index < -0.39 is 0 Å². The van der Waals surface area contributed by atoms with Crippen LogP contribution in [0.25, 0.3) is 0 Å². The molecule has 1 aromatic heterocycles. The normalized spacial score (nSPS) is 10.4. The number of methoxy groups -OCH3 is 2. The molecule has 23 heavy (non-hydrogen) atoms. The van der Waals surface area contributed by atoms with Gasteiger partial charge in [-0.1, -0.05) is 6.92 Å². The number of ether oxygens (including phenoxy) is 2. The summed E-state index contributed by atoms with van der Waals surface area (Å²) in [6, 6.07) is 5.60. The molecule has 0 fully saturated rings. The van der Waals surface area contributed by atoms with Crippen LogP contribution in [0, 0.1) is 0 Å². The maximum absolute atomic E-state index is 12.0. The summed E-state index contributed by atoms with van der Waals surface area (Å²) in [6.45, 7) is 2.55. The molecule has 5 nitrogen and oxygen atoms in total. The van der Waals surface area contributed by atoms with Crippen LogP contribution in [0.3, 0.4) is 0 Å². The zero-order valence-electron chi connectivity index (χ0n) is 13.7. The van der Waals surface area contributed by atoms with Crippen LogP contribution in [-0.2, 0) is 24.2 Å². The van der Waals surface area contributed by atoms with E-state index in [0.717, 1.165) is 34.2 Å². The van der Waals surface area contributed by atoms with E-state index in [0.29, 0.717) is 19.4 Å². The van der Waals surface area contributed by atoms with Crippen molar-refractivity contribution in [3.8, 4) is 11.5 Å². The smallest absolute Gasteiger partial charge is 0.220 e. The third kappa shape index (κ3) is 4.96. The van der Waals surface area contributed by atoms with Crippen LogP contribution in [0.4, 0.5) is 0 Å². The van der Waals surface area contributed by atoms with Gasteiger partial charge >= 0.3 is 0 Å². The molecule has 0 aliphatic heterocycles. The number of hydrogen-bond acceptors (Lipinski definition) is 5. The molecule has 1 heterocycles. The monoisotopic (exact) mass is 334 g/mol. The summed E-state index contributed by atoms with van der Waals surface area (Å²) in [7, 11) is 3.25. The van der Waals surface area contributed by atoms with Crippen molar-refractivity contribution >= 4 is 17.2 Å². The number of nitrogens with zero attached hydrogens (tertiary/aromatic N) is 1. The minimum Gasteiger partial charge on any atom is -0.497 e. The van der Waals surface area contributed by atoms with E-state index in [1.165, 1.54) is 0 Å². The van der Waals surface area contributed by atoms with Crippen molar-refractivity contribution in [2.24, 2.45) is 0 Å². The number of amides is 1. The summed E-state index contributed by atoms with van der Waals surface area (Å²) in [5, 5.41) is 5.99. The number of aromatic nitrogens is 1. The molecule has 2 aromatic rings. The Morgan fingerprint density at radius 3 is 2.78 bits per heavy atom. The Balaban J connectivity index is 1.86. The first-order valence-corrected chi connectivity index (χ1v) is 8.45. The molecule has 1 aromatic carbocycles. The number of carbonyl (C=O) groups excluding carboxylic acids is 1. The van der Waals surface area contributed by atoms with Crippen LogP contribution in [-0.4, -0.2) is 25.1 Å². The fourth-order valence-corrected chi connectivity index (χ4v) is 2.94. The van der Waals surface area contributed by atoms with Crippen LogP contribution >= 0.6 is 11.3 Å². The highest BCUT2D eigenvalue weighted by Crippen LogP contribution is 2.25. The summed E-state index contributed by atoms with van der Waals surface area (Å²) in [5.41, 5.74) is 1.88. The topological polar surface area (TPSA) is 60.5 Å². The highest BCUT2D eigenvalue weighted by molar-refractivity contribution is 7.09. The predicted molar refractivity (Wildman–Crippen MR) is 91.2 cm³/mol. The maximum atomic E-state index is 12.0. The molecule has 0 saturated heterocycles. The number of hydrogen-bond donors (Lipinski definition) is 1. The van der Waals surface area contributed by atoms with Crippen molar-refractivity contribution in [3.63, 3.8) is 0 Å². The average Bonchev–Trinajstić information content (AvgIpc) is 3.05. The molecule has 0 saturated carbocycles. The quantitative estimate of drug-likeness (QED) is 0.806. The second-order valence-corrected chi connectivity index (χ2v) is 5.98. The molecule has 0 aliphatic rings. The first-order valence-electron chi connectivity index (χ1n) is 7.57. The number of thiazole rings is 1. The number of aryl methyl sites for hydroxylation is 2. The Hall–Kier alpha value is -2.08. The second-order valence-electron chi connectivity index (χ2n) is 5.04. The minimum atomic E-state index is 0.000853. The number of nitrogens with one attached hydrogen (secondary N) is 1. The lowest BCUT2D eigenvalue weighted by molar-refractivity contribution is -0.121. The Bertz CT molecular complexity index is 655. The lowest BCUT2D eigenvalue weighted by atomic mass is 10.1. The molecule has 2 rings (SSSR count). The number of benzene rings is 1. The van der Waals surface area contributed by atoms with Gasteiger partial charge in [-0.05, 0) is 36.6 Å². The third-order valence-corrected chi connectivity index (χ3v) is 4.52. The van der Waals surface area contributed by atoms with Crippen molar-refractivity contribution in [1.82, 2.24) is 10.3 Å². The van der Waals surface area contributed by atoms with Gasteiger partial charge < -0.3 is 14.8 Å². The number of rotatable bonds is 8. The summed E-state index contributed by atoms with van der Waals surface area (Å²) in [6.07, 6.45) is 1.92. The van der Waals surface area contributed by atoms with Gasteiger partial charge in [0.2, 0.25) is 5.91 Å². The minimum absolute atomic E-state index is 0.000853. The fraction of sp³-hybridized carbons (Fsp3) is 0.412. The molecule has 0 bridgehead atoms. The molecular weight excluding hydrogens is 312 g/mol. The summed E-state index contributed by atoms with van der Waals surface area (Å²) in [5.74, 6) is 1.53. The molecule has 0 unspecified atom stereocenters. The van der Waals surface area contributed by atoms with Gasteiger partial charge in [0.15, 0.2) is 0 Å². The van der Waals surface area contributed by atoms with Crippen molar-refractivity contribution in [3.05, 3.63) is 39.8 Å². The first kappa shape index (κ1) is 17.3.